The van der Waals surface area contributed by atoms with Gasteiger partial charge in [-0.1, -0.05) is 18.2 Å². The molecule has 1 amide bonds. The highest BCUT2D eigenvalue weighted by Gasteiger charge is 2.26. The maximum absolute atomic E-state index is 12.1. The minimum absolute atomic E-state index is 0.0131. The molecule has 2 N–H and O–H groups in total. The number of anilines is 1. The number of benzene rings is 1. The summed E-state index contributed by atoms with van der Waals surface area (Å²) >= 11 is 0. The highest BCUT2D eigenvalue weighted by molar-refractivity contribution is 5.87. The van der Waals surface area contributed by atoms with Crippen LogP contribution in [0.15, 0.2) is 36.7 Å². The molecule has 1 aliphatic rings. The van der Waals surface area contributed by atoms with Gasteiger partial charge in [-0.25, -0.2) is 4.98 Å². The van der Waals surface area contributed by atoms with Crippen molar-refractivity contribution in [1.29, 1.82) is 0 Å². The van der Waals surface area contributed by atoms with Gasteiger partial charge in [-0.15, -0.1) is 0 Å². The summed E-state index contributed by atoms with van der Waals surface area (Å²) in [5.41, 5.74) is 2.25. The molecule has 5 nitrogen and oxygen atoms in total. The van der Waals surface area contributed by atoms with E-state index in [0.29, 0.717) is 6.54 Å². The highest BCUT2D eigenvalue weighted by Crippen LogP contribution is 2.25. The first-order valence-corrected chi connectivity index (χ1v) is 6.32. The molecule has 1 atom stereocenters. The molecule has 0 fully saturated rings. The molecule has 0 aliphatic carbocycles. The van der Waals surface area contributed by atoms with Gasteiger partial charge < -0.3 is 15.2 Å². The summed E-state index contributed by atoms with van der Waals surface area (Å²) in [5, 5.41) is 6.16. The largest absolute Gasteiger partial charge is 0.373 e. The number of aryl methyl sites for hydroxylation is 1. The van der Waals surface area contributed by atoms with E-state index in [1.807, 2.05) is 42.1 Å². The summed E-state index contributed by atoms with van der Waals surface area (Å²) in [6.07, 6.45) is 4.33. The Morgan fingerprint density at radius 3 is 3.11 bits per heavy atom. The van der Waals surface area contributed by atoms with Gasteiger partial charge >= 0.3 is 0 Å². The lowest BCUT2D eigenvalue weighted by molar-refractivity contribution is -0.121. The summed E-state index contributed by atoms with van der Waals surface area (Å²) in [7, 11) is 1.91. The molecule has 0 radical (unpaired) electrons. The molecule has 0 saturated heterocycles. The van der Waals surface area contributed by atoms with Gasteiger partial charge in [0.15, 0.2) is 0 Å². The van der Waals surface area contributed by atoms with Crippen LogP contribution in [0.2, 0.25) is 0 Å². The molecule has 1 aromatic heterocycles. The number of imidazole rings is 1. The van der Waals surface area contributed by atoms with E-state index in [1.165, 1.54) is 5.56 Å². The smallest absolute Gasteiger partial charge is 0.243 e. The average molecular weight is 256 g/mol. The lowest BCUT2D eigenvalue weighted by atomic mass is 10.1. The number of amides is 1. The molecule has 98 valence electrons. The average Bonchev–Trinajstić information content (AvgIpc) is 3.01. The van der Waals surface area contributed by atoms with Gasteiger partial charge in [-0.3, -0.25) is 4.79 Å². The Hall–Kier alpha value is -2.30. The maximum Gasteiger partial charge on any atom is 0.243 e. The zero-order valence-corrected chi connectivity index (χ0v) is 10.8. The predicted molar refractivity (Wildman–Crippen MR) is 72.6 cm³/mol. The summed E-state index contributed by atoms with van der Waals surface area (Å²) in [6, 6.07) is 7.84. The lowest BCUT2D eigenvalue weighted by Crippen LogP contribution is -2.38. The molecule has 1 aliphatic heterocycles. The van der Waals surface area contributed by atoms with Crippen LogP contribution in [0, 0.1) is 0 Å². The zero-order valence-electron chi connectivity index (χ0n) is 10.8. The van der Waals surface area contributed by atoms with Gasteiger partial charge in [0.25, 0.3) is 0 Å². The zero-order chi connectivity index (χ0) is 13.2. The molecular weight excluding hydrogens is 240 g/mol. The Kier molecular flexibility index (Phi) is 2.95. The molecular formula is C14H16N4O. The Morgan fingerprint density at radius 1 is 1.53 bits per heavy atom. The number of hydrogen-bond donors (Lipinski definition) is 2. The third-order valence-corrected chi connectivity index (χ3v) is 3.43. The van der Waals surface area contributed by atoms with Crippen LogP contribution in [0.4, 0.5) is 5.69 Å². The van der Waals surface area contributed by atoms with Gasteiger partial charge in [0.05, 0.1) is 6.54 Å². The Bertz CT molecular complexity index is 580. The monoisotopic (exact) mass is 256 g/mol. The molecule has 0 spiro atoms. The van der Waals surface area contributed by atoms with E-state index in [1.54, 1.807) is 6.20 Å². The molecule has 3 rings (SSSR count). The molecule has 0 saturated carbocycles. The number of fused-ring (bicyclic) bond motifs is 1. The molecule has 5 heteroatoms. The van der Waals surface area contributed by atoms with Gasteiger partial charge in [-0.2, -0.15) is 0 Å². The molecule has 19 heavy (non-hydrogen) atoms. The van der Waals surface area contributed by atoms with Crippen molar-refractivity contribution in [3.8, 4) is 0 Å². The van der Waals surface area contributed by atoms with E-state index >= 15 is 0 Å². The van der Waals surface area contributed by atoms with Crippen LogP contribution in [0.5, 0.6) is 0 Å². The van der Waals surface area contributed by atoms with Crippen LogP contribution in [0.25, 0.3) is 0 Å². The van der Waals surface area contributed by atoms with Crippen LogP contribution >= 0.6 is 0 Å². The molecule has 1 aromatic carbocycles. The van der Waals surface area contributed by atoms with Crippen LogP contribution < -0.4 is 10.6 Å². The molecule has 2 heterocycles. The number of rotatable bonds is 3. The predicted octanol–water partition coefficient (Wildman–Crippen LogP) is 1.07. The van der Waals surface area contributed by atoms with Crippen molar-refractivity contribution in [3.63, 3.8) is 0 Å². The first-order chi connectivity index (χ1) is 9.24. The lowest BCUT2D eigenvalue weighted by Gasteiger charge is -2.11. The number of nitrogens with one attached hydrogen (secondary N) is 2. The number of carbonyl (C=O) groups is 1. The van der Waals surface area contributed by atoms with Gasteiger partial charge in [0, 0.05) is 31.5 Å². The van der Waals surface area contributed by atoms with Crippen LogP contribution in [-0.4, -0.2) is 21.5 Å². The first-order valence-electron chi connectivity index (χ1n) is 6.32. The van der Waals surface area contributed by atoms with Gasteiger partial charge in [-0.05, 0) is 11.6 Å². The number of para-hydroxylation sites is 1. The standard InChI is InChI=1S/C14H16N4O/c1-18-7-6-15-13(18)9-16-14(19)12-8-10-4-2-3-5-11(10)17-12/h2-7,12,17H,8-9H2,1H3,(H,16,19). The Morgan fingerprint density at radius 2 is 2.37 bits per heavy atom. The first kappa shape index (κ1) is 11.8. The fourth-order valence-corrected chi connectivity index (χ4v) is 2.31. The quantitative estimate of drug-likeness (QED) is 0.863. The summed E-state index contributed by atoms with van der Waals surface area (Å²) < 4.78 is 1.90. The fraction of sp³-hybridized carbons (Fsp3) is 0.286. The van der Waals surface area contributed by atoms with Crippen molar-refractivity contribution in [3.05, 3.63) is 48.0 Å². The van der Waals surface area contributed by atoms with Gasteiger partial charge in [0.2, 0.25) is 5.91 Å². The van der Waals surface area contributed by atoms with Crippen LogP contribution in [0.1, 0.15) is 11.4 Å². The van der Waals surface area contributed by atoms with E-state index in [0.717, 1.165) is 17.9 Å². The van der Waals surface area contributed by atoms with E-state index < -0.39 is 0 Å². The SMILES string of the molecule is Cn1ccnc1CNC(=O)C1Cc2ccccc2N1. The number of aromatic nitrogens is 2. The molecule has 2 aromatic rings. The summed E-state index contributed by atoms with van der Waals surface area (Å²) in [5.74, 6) is 0.864. The van der Waals surface area contributed by atoms with Crippen LogP contribution in [-0.2, 0) is 24.8 Å². The highest BCUT2D eigenvalue weighted by atomic mass is 16.2. The van der Waals surface area contributed by atoms with Crippen molar-refractivity contribution in [2.24, 2.45) is 7.05 Å². The molecule has 0 bridgehead atoms. The molecule has 1 unspecified atom stereocenters. The Balaban J connectivity index is 1.60. The van der Waals surface area contributed by atoms with Crippen molar-refractivity contribution in [2.45, 2.75) is 19.0 Å². The van der Waals surface area contributed by atoms with Gasteiger partial charge in [0.1, 0.15) is 11.9 Å². The van der Waals surface area contributed by atoms with Crippen molar-refractivity contribution >= 4 is 11.6 Å². The van der Waals surface area contributed by atoms with E-state index in [9.17, 15) is 4.79 Å². The second kappa shape index (κ2) is 4.76. The summed E-state index contributed by atoms with van der Waals surface area (Å²) in [6.45, 7) is 0.455. The normalized spacial score (nSPS) is 16.8. The number of carbonyl (C=O) groups excluding carboxylic acids is 1. The number of nitrogens with zero attached hydrogens (tertiary/aromatic N) is 2. The third kappa shape index (κ3) is 2.31. The van der Waals surface area contributed by atoms with Crippen molar-refractivity contribution in [1.82, 2.24) is 14.9 Å². The number of hydrogen-bond acceptors (Lipinski definition) is 3. The van der Waals surface area contributed by atoms with E-state index in [2.05, 4.69) is 15.6 Å². The second-order valence-corrected chi connectivity index (χ2v) is 4.73. The van der Waals surface area contributed by atoms with Crippen LogP contribution in [0.3, 0.4) is 0 Å². The second-order valence-electron chi connectivity index (χ2n) is 4.73. The Labute approximate surface area is 111 Å². The van der Waals surface area contributed by atoms with E-state index in [-0.39, 0.29) is 11.9 Å². The van der Waals surface area contributed by atoms with Crippen molar-refractivity contribution < 1.29 is 4.79 Å². The topological polar surface area (TPSA) is 59.0 Å². The van der Waals surface area contributed by atoms with E-state index in [4.69, 9.17) is 0 Å². The maximum atomic E-state index is 12.1. The van der Waals surface area contributed by atoms with Crippen molar-refractivity contribution in [2.75, 3.05) is 5.32 Å². The minimum atomic E-state index is -0.183. The summed E-state index contributed by atoms with van der Waals surface area (Å²) in [4.78, 5) is 16.3. The minimum Gasteiger partial charge on any atom is -0.373 e. The third-order valence-electron chi connectivity index (χ3n) is 3.43. The fourth-order valence-electron chi connectivity index (χ4n) is 2.31.